The molecule has 2 aliphatic heterocycles. The highest BCUT2D eigenvalue weighted by molar-refractivity contribution is 7.92. The zero-order chi connectivity index (χ0) is 23.5. The Morgan fingerprint density at radius 1 is 1.18 bits per heavy atom. The number of sulfonamides is 1. The van der Waals surface area contributed by atoms with E-state index in [9.17, 15) is 12.8 Å². The van der Waals surface area contributed by atoms with Gasteiger partial charge in [-0.25, -0.2) is 22.2 Å². The molecule has 1 aromatic heterocycles. The number of likely N-dealkylation sites (tertiary alicyclic amines) is 1. The number of benzene rings is 1. The maximum absolute atomic E-state index is 15.3. The Bertz CT molecular complexity index is 1200. The lowest BCUT2D eigenvalue weighted by Gasteiger charge is -2.57. The Morgan fingerprint density at radius 2 is 1.94 bits per heavy atom. The summed E-state index contributed by atoms with van der Waals surface area (Å²) < 4.78 is 71.0. The summed E-state index contributed by atoms with van der Waals surface area (Å²) in [5.74, 6) is -2.87. The standard InChI is InChI=1S/C23H27F3N4O2S/c1-14-11-30(12-14)18-6-7-23(18)8-9-29(13-23)17-10-16(24)22(21(26)15(17)2)33(31,32)28-20-5-3-4-19(25)27-20/h3-5,10,14,18H,6-9,11-13H2,1-2H3,(H,27,28)/t18-,23-/m0/s1. The van der Waals surface area contributed by atoms with E-state index in [0.29, 0.717) is 24.8 Å². The van der Waals surface area contributed by atoms with Gasteiger partial charge in [-0.15, -0.1) is 0 Å². The van der Waals surface area contributed by atoms with Gasteiger partial charge in [-0.05, 0) is 50.3 Å². The molecule has 0 radical (unpaired) electrons. The SMILES string of the molecule is Cc1c(N2CC[C@@]3(CC[C@@H]3N3CC(C)C3)C2)cc(F)c(S(=O)(=O)Nc2cccc(F)n2)c1F. The molecule has 10 heteroatoms. The zero-order valence-electron chi connectivity index (χ0n) is 18.6. The second-order valence-corrected chi connectivity index (χ2v) is 11.4. The van der Waals surface area contributed by atoms with Crippen molar-refractivity contribution < 1.29 is 21.6 Å². The van der Waals surface area contributed by atoms with E-state index >= 15 is 8.78 Å². The van der Waals surface area contributed by atoms with E-state index in [4.69, 9.17) is 0 Å². The molecule has 1 aromatic carbocycles. The van der Waals surface area contributed by atoms with Gasteiger partial charge in [-0.2, -0.15) is 4.39 Å². The minimum Gasteiger partial charge on any atom is -0.371 e. The maximum atomic E-state index is 15.3. The molecule has 1 saturated carbocycles. The molecule has 178 valence electrons. The highest BCUT2D eigenvalue weighted by atomic mass is 32.2. The molecule has 0 bridgehead atoms. The number of hydrogen-bond acceptors (Lipinski definition) is 5. The summed E-state index contributed by atoms with van der Waals surface area (Å²) >= 11 is 0. The van der Waals surface area contributed by atoms with Crippen LogP contribution in [-0.2, 0) is 10.0 Å². The van der Waals surface area contributed by atoms with E-state index in [1.165, 1.54) is 19.1 Å². The van der Waals surface area contributed by atoms with Crippen LogP contribution in [0.4, 0.5) is 24.7 Å². The summed E-state index contributed by atoms with van der Waals surface area (Å²) in [6.07, 6.45) is 3.21. The van der Waals surface area contributed by atoms with Crippen molar-refractivity contribution in [2.45, 2.75) is 44.0 Å². The third-order valence-electron chi connectivity index (χ3n) is 7.50. The Morgan fingerprint density at radius 3 is 2.58 bits per heavy atom. The minimum atomic E-state index is -4.65. The van der Waals surface area contributed by atoms with Gasteiger partial charge in [0.15, 0.2) is 10.7 Å². The summed E-state index contributed by atoms with van der Waals surface area (Å²) in [5, 5.41) is 0. The van der Waals surface area contributed by atoms with Gasteiger partial charge in [0.25, 0.3) is 10.0 Å². The summed E-state index contributed by atoms with van der Waals surface area (Å²) in [7, 11) is -4.65. The molecule has 0 amide bonds. The molecule has 3 fully saturated rings. The fourth-order valence-corrected chi connectivity index (χ4v) is 6.94. The second-order valence-electron chi connectivity index (χ2n) is 9.74. The van der Waals surface area contributed by atoms with Crippen molar-refractivity contribution in [3.63, 3.8) is 0 Å². The molecule has 3 aliphatic rings. The molecule has 2 aromatic rings. The van der Waals surface area contributed by atoms with Crippen LogP contribution < -0.4 is 9.62 Å². The number of rotatable bonds is 5. The average molecular weight is 481 g/mol. The topological polar surface area (TPSA) is 65.5 Å². The molecule has 3 heterocycles. The highest BCUT2D eigenvalue weighted by Gasteiger charge is 2.54. The van der Waals surface area contributed by atoms with E-state index < -0.39 is 32.5 Å². The number of anilines is 2. The van der Waals surface area contributed by atoms with Crippen LogP contribution in [-0.4, -0.2) is 50.5 Å². The first kappa shape index (κ1) is 22.5. The van der Waals surface area contributed by atoms with Crippen molar-refractivity contribution in [3.05, 3.63) is 47.4 Å². The molecule has 1 N–H and O–H groups in total. The Balaban J connectivity index is 1.40. The van der Waals surface area contributed by atoms with E-state index in [-0.39, 0.29) is 16.8 Å². The van der Waals surface area contributed by atoms with Gasteiger partial charge in [-0.1, -0.05) is 13.0 Å². The highest BCUT2D eigenvalue weighted by Crippen LogP contribution is 2.53. The van der Waals surface area contributed by atoms with Crippen molar-refractivity contribution in [3.8, 4) is 0 Å². The molecule has 2 atom stereocenters. The van der Waals surface area contributed by atoms with Crippen molar-refractivity contribution in [2.24, 2.45) is 11.3 Å². The van der Waals surface area contributed by atoms with Crippen molar-refractivity contribution in [2.75, 3.05) is 35.8 Å². The number of aromatic nitrogens is 1. The lowest BCUT2D eigenvalue weighted by atomic mass is 9.62. The fraction of sp³-hybridized carbons (Fsp3) is 0.522. The Labute approximate surface area is 191 Å². The largest absolute Gasteiger partial charge is 0.371 e. The van der Waals surface area contributed by atoms with Crippen LogP contribution in [0.1, 0.15) is 31.7 Å². The summed E-state index contributed by atoms with van der Waals surface area (Å²) in [6, 6.07) is 5.10. The molecule has 2 saturated heterocycles. The van der Waals surface area contributed by atoms with E-state index in [1.807, 2.05) is 9.62 Å². The number of halogens is 3. The molecule has 0 unspecified atom stereocenters. The van der Waals surface area contributed by atoms with Crippen LogP contribution in [0.25, 0.3) is 0 Å². The summed E-state index contributed by atoms with van der Waals surface area (Å²) in [6.45, 7) is 7.30. The van der Waals surface area contributed by atoms with Gasteiger partial charge in [0, 0.05) is 48.9 Å². The minimum absolute atomic E-state index is 0.0782. The number of hydrogen-bond donors (Lipinski definition) is 1. The number of nitrogens with one attached hydrogen (secondary N) is 1. The first-order chi connectivity index (χ1) is 15.6. The van der Waals surface area contributed by atoms with Gasteiger partial charge in [0.1, 0.15) is 11.6 Å². The van der Waals surface area contributed by atoms with E-state index in [1.54, 1.807) is 0 Å². The lowest BCUT2D eigenvalue weighted by molar-refractivity contribution is -0.0650. The predicted octanol–water partition coefficient (Wildman–Crippen LogP) is 3.92. The van der Waals surface area contributed by atoms with Gasteiger partial charge in [-0.3, -0.25) is 9.62 Å². The van der Waals surface area contributed by atoms with Gasteiger partial charge in [0.05, 0.1) is 0 Å². The van der Waals surface area contributed by atoms with E-state index in [2.05, 4.69) is 16.8 Å². The third-order valence-corrected chi connectivity index (χ3v) is 8.89. The fourth-order valence-electron chi connectivity index (χ4n) is 5.74. The molecule has 33 heavy (non-hydrogen) atoms. The second kappa shape index (κ2) is 7.87. The van der Waals surface area contributed by atoms with Gasteiger partial charge < -0.3 is 4.90 Å². The monoisotopic (exact) mass is 480 g/mol. The zero-order valence-corrected chi connectivity index (χ0v) is 19.4. The molecule has 1 spiro atoms. The molecule has 6 nitrogen and oxygen atoms in total. The van der Waals surface area contributed by atoms with Crippen molar-refractivity contribution >= 4 is 21.5 Å². The quantitative estimate of drug-likeness (QED) is 0.658. The maximum Gasteiger partial charge on any atom is 0.268 e. The van der Waals surface area contributed by atoms with Crippen LogP contribution >= 0.6 is 0 Å². The van der Waals surface area contributed by atoms with Crippen molar-refractivity contribution in [1.29, 1.82) is 0 Å². The van der Waals surface area contributed by atoms with Crippen LogP contribution in [0.3, 0.4) is 0 Å². The Hall–Kier alpha value is -2.33. The first-order valence-corrected chi connectivity index (χ1v) is 12.7. The van der Waals surface area contributed by atoms with Crippen LogP contribution in [0.2, 0.25) is 0 Å². The van der Waals surface area contributed by atoms with E-state index in [0.717, 1.165) is 50.4 Å². The third kappa shape index (κ3) is 3.77. The number of pyridine rings is 1. The normalized spacial score (nSPS) is 25.8. The summed E-state index contributed by atoms with van der Waals surface area (Å²) in [5.41, 5.74) is 0.594. The smallest absolute Gasteiger partial charge is 0.268 e. The van der Waals surface area contributed by atoms with Crippen molar-refractivity contribution in [1.82, 2.24) is 9.88 Å². The first-order valence-electron chi connectivity index (χ1n) is 11.2. The lowest BCUT2D eigenvalue weighted by Crippen LogP contribution is -2.62. The van der Waals surface area contributed by atoms with Gasteiger partial charge >= 0.3 is 0 Å². The van der Waals surface area contributed by atoms with Crippen LogP contribution in [0, 0.1) is 35.8 Å². The average Bonchev–Trinajstić information content (AvgIpc) is 3.16. The van der Waals surface area contributed by atoms with Gasteiger partial charge in [0.2, 0.25) is 5.95 Å². The summed E-state index contributed by atoms with van der Waals surface area (Å²) in [4.78, 5) is 6.82. The molecule has 1 aliphatic carbocycles. The Kier molecular flexibility index (Phi) is 5.36. The molecular weight excluding hydrogens is 453 g/mol. The molecular formula is C23H27F3N4O2S. The predicted molar refractivity (Wildman–Crippen MR) is 119 cm³/mol. The van der Waals surface area contributed by atoms with Crippen LogP contribution in [0.15, 0.2) is 29.2 Å². The molecule has 5 rings (SSSR count). The van der Waals surface area contributed by atoms with Crippen LogP contribution in [0.5, 0.6) is 0 Å². The number of nitrogens with zero attached hydrogens (tertiary/aromatic N) is 3.